The Bertz CT molecular complexity index is 973. The fraction of sp³-hybridized carbons (Fsp3) is 0.667. The van der Waals surface area contributed by atoms with E-state index in [1.165, 1.54) is 0 Å². The zero-order valence-electron chi connectivity index (χ0n) is 17.4. The summed E-state index contributed by atoms with van der Waals surface area (Å²) in [5, 5.41) is 20.5. The number of ketones is 3. The van der Waals surface area contributed by atoms with Crippen molar-refractivity contribution in [2.45, 2.75) is 51.6 Å². The molecule has 4 aliphatic carbocycles. The third-order valence-electron chi connectivity index (χ3n) is 8.01. The minimum Gasteiger partial charge on any atom is -0.388 e. The van der Waals surface area contributed by atoms with Gasteiger partial charge in [-0.15, -0.1) is 0 Å². The maximum Gasteiger partial charge on any atom is 0.394 e. The van der Waals surface area contributed by atoms with E-state index in [-0.39, 0.29) is 35.7 Å². The molecule has 172 valence electrons. The van der Waals surface area contributed by atoms with Gasteiger partial charge in [0.2, 0.25) is 0 Å². The topological polar surface area (TPSA) is 166 Å². The average Bonchev–Trinajstić information content (AvgIpc) is 2.91. The Morgan fingerprint density at radius 3 is 2.39 bits per heavy atom. The number of fused-ring (bicyclic) bond motifs is 5. The smallest absolute Gasteiger partial charge is 0.388 e. The molecule has 3 fully saturated rings. The van der Waals surface area contributed by atoms with Gasteiger partial charge in [-0.25, -0.2) is 0 Å². The second-order valence-corrected chi connectivity index (χ2v) is 10.4. The number of aliphatic hydroxyl groups excluding tert-OH is 1. The highest BCUT2D eigenvalue weighted by molar-refractivity contribution is 7.79. The number of carbonyl (C=O) groups excluding carboxylic acids is 3. The standard InChI is InChI=1S/C21H26O5.H2O4S/c1-19-7-5-13(23)9-12(19)3-4-14-15-6-8-21(26,17(25)11-22)20(15,2)10-16(24)18(14)19;1-5(2,3)4/h5,7,9,14-15,18,22,26H,3-4,6,8,10-11H2,1-2H3;(H2,1,2,3,4)/t14-,15-,18+,19-,20-,21-;/m0./s1. The van der Waals surface area contributed by atoms with Crippen LogP contribution in [0.15, 0.2) is 23.8 Å². The van der Waals surface area contributed by atoms with Crippen LogP contribution in [0.1, 0.15) is 46.0 Å². The third-order valence-corrected chi connectivity index (χ3v) is 8.01. The van der Waals surface area contributed by atoms with Gasteiger partial charge < -0.3 is 10.2 Å². The summed E-state index contributed by atoms with van der Waals surface area (Å²) in [7, 11) is -4.67. The molecule has 10 heteroatoms. The number of hydrogen-bond acceptors (Lipinski definition) is 7. The number of hydrogen-bond donors (Lipinski definition) is 4. The van der Waals surface area contributed by atoms with Crippen LogP contribution in [-0.4, -0.2) is 57.3 Å². The highest BCUT2D eigenvalue weighted by Gasteiger charge is 2.68. The van der Waals surface area contributed by atoms with E-state index in [1.54, 1.807) is 12.2 Å². The number of aliphatic hydroxyl groups is 2. The van der Waals surface area contributed by atoms with Crippen molar-refractivity contribution in [2.24, 2.45) is 28.6 Å². The van der Waals surface area contributed by atoms with Gasteiger partial charge in [-0.1, -0.05) is 25.5 Å². The molecule has 0 aromatic rings. The summed E-state index contributed by atoms with van der Waals surface area (Å²) < 4.78 is 31.6. The quantitative estimate of drug-likeness (QED) is 0.445. The maximum atomic E-state index is 13.3. The van der Waals surface area contributed by atoms with E-state index in [2.05, 4.69) is 0 Å². The molecule has 0 amide bonds. The molecule has 0 saturated heterocycles. The predicted octanol–water partition coefficient (Wildman–Crippen LogP) is 1.11. The molecule has 0 bridgehead atoms. The van der Waals surface area contributed by atoms with Crippen LogP contribution in [-0.2, 0) is 24.8 Å². The van der Waals surface area contributed by atoms with Crippen molar-refractivity contribution in [3.63, 3.8) is 0 Å². The Morgan fingerprint density at radius 1 is 1.19 bits per heavy atom. The number of rotatable bonds is 2. The molecule has 4 rings (SSSR count). The Hall–Kier alpha value is -1.72. The first-order chi connectivity index (χ1) is 14.2. The molecule has 9 nitrogen and oxygen atoms in total. The van der Waals surface area contributed by atoms with Crippen molar-refractivity contribution in [2.75, 3.05) is 6.61 Å². The van der Waals surface area contributed by atoms with Crippen molar-refractivity contribution in [1.82, 2.24) is 0 Å². The summed E-state index contributed by atoms with van der Waals surface area (Å²) in [6.45, 7) is 3.19. The fourth-order valence-corrected chi connectivity index (χ4v) is 6.62. The molecule has 0 radical (unpaired) electrons. The molecule has 0 aromatic heterocycles. The zero-order valence-corrected chi connectivity index (χ0v) is 18.3. The predicted molar refractivity (Wildman–Crippen MR) is 108 cm³/mol. The van der Waals surface area contributed by atoms with Gasteiger partial charge >= 0.3 is 10.4 Å². The van der Waals surface area contributed by atoms with E-state index < -0.39 is 39.2 Å². The molecule has 0 unspecified atom stereocenters. The Balaban J connectivity index is 0.000000491. The largest absolute Gasteiger partial charge is 0.394 e. The van der Waals surface area contributed by atoms with Gasteiger partial charge in [-0.3, -0.25) is 23.5 Å². The first-order valence-electron chi connectivity index (χ1n) is 10.2. The van der Waals surface area contributed by atoms with Gasteiger partial charge in [0, 0.05) is 23.2 Å². The van der Waals surface area contributed by atoms with Crippen LogP contribution in [0.3, 0.4) is 0 Å². The van der Waals surface area contributed by atoms with Crippen LogP contribution in [0.4, 0.5) is 0 Å². The Morgan fingerprint density at radius 2 is 1.81 bits per heavy atom. The highest BCUT2D eigenvalue weighted by atomic mass is 32.3. The maximum absolute atomic E-state index is 13.3. The lowest BCUT2D eigenvalue weighted by Gasteiger charge is -2.56. The lowest BCUT2D eigenvalue weighted by atomic mass is 9.46. The lowest BCUT2D eigenvalue weighted by Crippen LogP contribution is -2.60. The average molecular weight is 457 g/mol. The molecule has 6 atom stereocenters. The minimum atomic E-state index is -4.67. The first-order valence-corrected chi connectivity index (χ1v) is 11.6. The monoisotopic (exact) mass is 456 g/mol. The Kier molecular flexibility index (Phi) is 5.94. The zero-order chi connectivity index (χ0) is 23.4. The van der Waals surface area contributed by atoms with E-state index in [1.807, 2.05) is 19.9 Å². The normalized spacial score (nSPS) is 41.4. The summed E-state index contributed by atoms with van der Waals surface area (Å²) in [5.74, 6) is -0.590. The molecule has 0 aromatic carbocycles. The Labute approximate surface area is 180 Å². The van der Waals surface area contributed by atoms with E-state index in [0.29, 0.717) is 12.8 Å². The number of allylic oxidation sites excluding steroid dienone is 4. The third kappa shape index (κ3) is 3.84. The van der Waals surface area contributed by atoms with Crippen LogP contribution in [0.25, 0.3) is 0 Å². The van der Waals surface area contributed by atoms with Crippen LogP contribution in [0, 0.1) is 28.6 Å². The molecule has 4 N–H and O–H groups in total. The SMILES string of the molecule is C[C@]12C=CC(=O)C=C1CC[C@@H]1[C@@H]2C(=O)C[C@@]2(C)[C@H]1CC[C@]2(O)C(=O)CO.O=S(=O)(O)O. The molecule has 0 aliphatic heterocycles. The summed E-state index contributed by atoms with van der Waals surface area (Å²) in [6, 6.07) is 0. The molecular weight excluding hydrogens is 428 g/mol. The van der Waals surface area contributed by atoms with Crippen LogP contribution in [0.5, 0.6) is 0 Å². The second-order valence-electron chi connectivity index (χ2n) is 9.46. The van der Waals surface area contributed by atoms with E-state index >= 15 is 0 Å². The fourth-order valence-electron chi connectivity index (χ4n) is 6.62. The van der Waals surface area contributed by atoms with E-state index in [4.69, 9.17) is 17.5 Å². The minimum absolute atomic E-state index is 0.0206. The molecule has 3 saturated carbocycles. The molecular formula is C21H28O9S. The summed E-state index contributed by atoms with van der Waals surface area (Å²) in [6.07, 6.45) is 7.82. The van der Waals surface area contributed by atoms with Gasteiger partial charge in [0.15, 0.2) is 11.6 Å². The van der Waals surface area contributed by atoms with Gasteiger partial charge in [-0.05, 0) is 49.7 Å². The summed E-state index contributed by atoms with van der Waals surface area (Å²) in [5.41, 5.74) is -1.86. The van der Waals surface area contributed by atoms with E-state index in [9.17, 15) is 24.6 Å². The van der Waals surface area contributed by atoms with Crippen molar-refractivity contribution < 1.29 is 42.1 Å². The summed E-state index contributed by atoms with van der Waals surface area (Å²) >= 11 is 0. The highest BCUT2D eigenvalue weighted by Crippen LogP contribution is 2.66. The molecule has 0 heterocycles. The van der Waals surface area contributed by atoms with Gasteiger partial charge in [0.05, 0.1) is 0 Å². The molecule has 4 aliphatic rings. The van der Waals surface area contributed by atoms with Crippen LogP contribution < -0.4 is 0 Å². The van der Waals surface area contributed by atoms with Crippen LogP contribution in [0.2, 0.25) is 0 Å². The van der Waals surface area contributed by atoms with Gasteiger partial charge in [0.25, 0.3) is 0 Å². The van der Waals surface area contributed by atoms with Gasteiger partial charge in [-0.2, -0.15) is 8.42 Å². The van der Waals surface area contributed by atoms with Crippen molar-refractivity contribution in [3.8, 4) is 0 Å². The molecule has 0 spiro atoms. The number of Topliss-reactive ketones (excluding diaryl/α,β-unsaturated/α-hetero) is 2. The van der Waals surface area contributed by atoms with Gasteiger partial charge in [0.1, 0.15) is 18.0 Å². The van der Waals surface area contributed by atoms with Crippen molar-refractivity contribution in [3.05, 3.63) is 23.8 Å². The van der Waals surface area contributed by atoms with Crippen LogP contribution >= 0.6 is 0 Å². The lowest BCUT2D eigenvalue weighted by molar-refractivity contribution is -0.168. The van der Waals surface area contributed by atoms with Crippen molar-refractivity contribution in [1.29, 1.82) is 0 Å². The van der Waals surface area contributed by atoms with E-state index in [0.717, 1.165) is 18.4 Å². The van der Waals surface area contributed by atoms with Crippen molar-refractivity contribution >= 4 is 27.7 Å². The molecule has 31 heavy (non-hydrogen) atoms. The second kappa shape index (κ2) is 7.70. The summed E-state index contributed by atoms with van der Waals surface area (Å²) in [4.78, 5) is 37.4. The first kappa shape index (κ1) is 23.9. The number of carbonyl (C=O) groups is 3.